The fourth-order valence-corrected chi connectivity index (χ4v) is 3.49. The fourth-order valence-electron chi connectivity index (χ4n) is 2.53. The number of carbonyl (C=O) groups is 1. The first kappa shape index (κ1) is 17.7. The summed E-state index contributed by atoms with van der Waals surface area (Å²) >= 11 is 0. The third-order valence-electron chi connectivity index (χ3n) is 3.86. The van der Waals surface area contributed by atoms with E-state index in [1.54, 1.807) is 18.2 Å². The second-order valence-corrected chi connectivity index (χ2v) is 7.49. The van der Waals surface area contributed by atoms with E-state index in [0.717, 1.165) is 5.39 Å². The zero-order valence-electron chi connectivity index (χ0n) is 14.4. The second-order valence-electron chi connectivity index (χ2n) is 5.80. The molecule has 2 heterocycles. The van der Waals surface area contributed by atoms with Crippen molar-refractivity contribution in [2.75, 3.05) is 10.0 Å². The summed E-state index contributed by atoms with van der Waals surface area (Å²) in [7, 11) is -3.83. The predicted molar refractivity (Wildman–Crippen MR) is 103 cm³/mol. The van der Waals surface area contributed by atoms with Gasteiger partial charge in [-0.3, -0.25) is 4.79 Å². The van der Waals surface area contributed by atoms with Gasteiger partial charge in [0.25, 0.3) is 15.9 Å². The van der Waals surface area contributed by atoms with Crippen molar-refractivity contribution in [3.05, 3.63) is 78.8 Å². The van der Waals surface area contributed by atoms with Gasteiger partial charge in [0.2, 0.25) is 5.95 Å². The highest BCUT2D eigenvalue weighted by Gasteiger charge is 2.16. The first-order valence-electron chi connectivity index (χ1n) is 8.21. The highest BCUT2D eigenvalue weighted by Crippen LogP contribution is 2.21. The van der Waals surface area contributed by atoms with Crippen LogP contribution in [0.4, 0.5) is 11.6 Å². The Morgan fingerprint density at radius 3 is 2.36 bits per heavy atom. The van der Waals surface area contributed by atoms with Crippen LogP contribution in [0.25, 0.3) is 11.0 Å². The van der Waals surface area contributed by atoms with Crippen molar-refractivity contribution in [3.63, 3.8) is 0 Å². The molecule has 28 heavy (non-hydrogen) atoms. The zero-order chi connectivity index (χ0) is 19.6. The van der Waals surface area contributed by atoms with Gasteiger partial charge >= 0.3 is 0 Å². The summed E-state index contributed by atoms with van der Waals surface area (Å²) in [4.78, 5) is 20.0. The van der Waals surface area contributed by atoms with Crippen molar-refractivity contribution in [2.24, 2.45) is 0 Å². The molecule has 0 fully saturated rings. The molecule has 1 amide bonds. The molecule has 2 aromatic heterocycles. The molecule has 2 N–H and O–H groups in total. The number of sulfonamides is 1. The van der Waals surface area contributed by atoms with E-state index < -0.39 is 15.9 Å². The van der Waals surface area contributed by atoms with Crippen LogP contribution in [0.1, 0.15) is 10.6 Å². The van der Waals surface area contributed by atoms with Crippen molar-refractivity contribution < 1.29 is 17.6 Å². The van der Waals surface area contributed by atoms with Crippen LogP contribution < -0.4 is 10.0 Å². The van der Waals surface area contributed by atoms with E-state index in [0.29, 0.717) is 11.3 Å². The van der Waals surface area contributed by atoms with Crippen molar-refractivity contribution in [2.45, 2.75) is 4.90 Å². The number of hydrogen-bond acceptors (Lipinski definition) is 6. The molecule has 140 valence electrons. The molecule has 4 rings (SSSR count). The number of rotatable bonds is 5. The number of fused-ring (bicyclic) bond motifs is 1. The summed E-state index contributed by atoms with van der Waals surface area (Å²) in [5.41, 5.74) is 1.05. The zero-order valence-corrected chi connectivity index (χ0v) is 15.2. The summed E-state index contributed by atoms with van der Waals surface area (Å²) in [6, 6.07) is 16.2. The van der Waals surface area contributed by atoms with Crippen LogP contribution in [-0.2, 0) is 10.0 Å². The Kier molecular flexibility index (Phi) is 4.50. The fraction of sp³-hybridized carbons (Fsp3) is 0. The van der Waals surface area contributed by atoms with Crippen molar-refractivity contribution in [1.29, 1.82) is 0 Å². The van der Waals surface area contributed by atoms with E-state index in [-0.39, 0.29) is 16.6 Å². The Bertz CT molecular complexity index is 1200. The van der Waals surface area contributed by atoms with E-state index >= 15 is 0 Å². The monoisotopic (exact) mass is 394 g/mol. The Hall–Kier alpha value is -3.72. The van der Waals surface area contributed by atoms with Gasteiger partial charge in [0, 0.05) is 23.5 Å². The van der Waals surface area contributed by atoms with Crippen LogP contribution in [0.2, 0.25) is 0 Å². The van der Waals surface area contributed by atoms with Crippen LogP contribution in [0.3, 0.4) is 0 Å². The number of aromatic nitrogens is 2. The Morgan fingerprint density at radius 2 is 1.64 bits per heavy atom. The summed E-state index contributed by atoms with van der Waals surface area (Å²) in [5.74, 6) is -0.284. The molecular weight excluding hydrogens is 380 g/mol. The van der Waals surface area contributed by atoms with Crippen LogP contribution >= 0.6 is 0 Å². The molecule has 0 radical (unpaired) electrons. The number of nitrogens with zero attached hydrogens (tertiary/aromatic N) is 2. The number of furan rings is 1. The molecule has 0 aliphatic heterocycles. The molecule has 9 heteroatoms. The van der Waals surface area contributed by atoms with Crippen LogP contribution in [0, 0.1) is 0 Å². The molecule has 0 aliphatic rings. The van der Waals surface area contributed by atoms with Gasteiger partial charge in [-0.15, -0.1) is 0 Å². The van der Waals surface area contributed by atoms with E-state index in [9.17, 15) is 13.2 Å². The minimum atomic E-state index is -3.83. The SMILES string of the molecule is O=C(Nc1ccc(S(=O)(=O)Nc2ncccn2)cc1)c1cc2ccccc2o1. The van der Waals surface area contributed by atoms with E-state index in [1.165, 1.54) is 36.7 Å². The maximum absolute atomic E-state index is 12.4. The number of benzene rings is 2. The molecule has 0 bridgehead atoms. The Balaban J connectivity index is 1.49. The first-order chi connectivity index (χ1) is 13.5. The molecule has 4 aromatic rings. The van der Waals surface area contributed by atoms with Crippen LogP contribution in [0.5, 0.6) is 0 Å². The minimum absolute atomic E-state index is 0.0155. The molecule has 0 spiro atoms. The number of hydrogen-bond donors (Lipinski definition) is 2. The molecule has 0 aliphatic carbocycles. The topological polar surface area (TPSA) is 114 Å². The highest BCUT2D eigenvalue weighted by molar-refractivity contribution is 7.92. The standard InChI is InChI=1S/C19H14N4O4S/c24-18(17-12-13-4-1-2-5-16(13)27-17)22-14-6-8-15(9-7-14)28(25,26)23-19-20-10-3-11-21-19/h1-12H,(H,22,24)(H,20,21,23). The maximum Gasteiger partial charge on any atom is 0.291 e. The first-order valence-corrected chi connectivity index (χ1v) is 9.69. The van der Waals surface area contributed by atoms with E-state index in [4.69, 9.17) is 4.42 Å². The predicted octanol–water partition coefficient (Wildman–Crippen LogP) is 3.28. The van der Waals surface area contributed by atoms with Gasteiger partial charge < -0.3 is 9.73 Å². The summed E-state index contributed by atoms with van der Waals surface area (Å²) in [6.45, 7) is 0. The largest absolute Gasteiger partial charge is 0.451 e. The second kappa shape index (κ2) is 7.12. The highest BCUT2D eigenvalue weighted by atomic mass is 32.2. The lowest BCUT2D eigenvalue weighted by Crippen LogP contribution is -2.15. The van der Waals surface area contributed by atoms with Gasteiger partial charge in [0.05, 0.1) is 4.90 Å². The smallest absolute Gasteiger partial charge is 0.291 e. The van der Waals surface area contributed by atoms with Crippen molar-refractivity contribution in [1.82, 2.24) is 9.97 Å². The lowest BCUT2D eigenvalue weighted by Gasteiger charge is -2.07. The quantitative estimate of drug-likeness (QED) is 0.537. The van der Waals surface area contributed by atoms with Crippen LogP contribution in [0.15, 0.2) is 82.4 Å². The average Bonchev–Trinajstić information content (AvgIpc) is 3.13. The summed E-state index contributed by atoms with van der Waals surface area (Å²) in [6.07, 6.45) is 2.86. The molecule has 0 saturated carbocycles. The lowest BCUT2D eigenvalue weighted by atomic mass is 10.2. The molecule has 0 atom stereocenters. The van der Waals surface area contributed by atoms with Gasteiger partial charge in [-0.05, 0) is 42.5 Å². The number of nitrogens with one attached hydrogen (secondary N) is 2. The van der Waals surface area contributed by atoms with Gasteiger partial charge in [0.15, 0.2) is 5.76 Å². The van der Waals surface area contributed by atoms with Gasteiger partial charge in [-0.2, -0.15) is 0 Å². The van der Waals surface area contributed by atoms with E-state index in [2.05, 4.69) is 20.0 Å². The molecule has 2 aromatic carbocycles. The van der Waals surface area contributed by atoms with Gasteiger partial charge in [0.1, 0.15) is 5.58 Å². The summed E-state index contributed by atoms with van der Waals surface area (Å²) < 4.78 is 32.5. The van der Waals surface area contributed by atoms with Gasteiger partial charge in [-0.1, -0.05) is 18.2 Å². The van der Waals surface area contributed by atoms with Crippen LogP contribution in [-0.4, -0.2) is 24.3 Å². The Labute approximate surface area is 160 Å². The van der Waals surface area contributed by atoms with Crippen molar-refractivity contribution in [3.8, 4) is 0 Å². The normalized spacial score (nSPS) is 11.3. The molecule has 8 nitrogen and oxygen atoms in total. The number of carbonyl (C=O) groups excluding carboxylic acids is 1. The number of amides is 1. The number of para-hydroxylation sites is 1. The minimum Gasteiger partial charge on any atom is -0.451 e. The third-order valence-corrected chi connectivity index (χ3v) is 5.21. The summed E-state index contributed by atoms with van der Waals surface area (Å²) in [5, 5.41) is 3.50. The third kappa shape index (κ3) is 3.69. The maximum atomic E-state index is 12.4. The average molecular weight is 394 g/mol. The number of anilines is 2. The van der Waals surface area contributed by atoms with Gasteiger partial charge in [-0.25, -0.2) is 23.1 Å². The lowest BCUT2D eigenvalue weighted by molar-refractivity contribution is 0.0998. The molecular formula is C19H14N4O4S. The van der Waals surface area contributed by atoms with E-state index in [1.807, 2.05) is 18.2 Å². The molecule has 0 saturated heterocycles. The van der Waals surface area contributed by atoms with Crippen molar-refractivity contribution >= 4 is 38.5 Å². The molecule has 0 unspecified atom stereocenters. The Morgan fingerprint density at radius 1 is 0.929 bits per heavy atom.